The standard InChI is InChI=1S/C15H19BrClFN2/c1-10(2)5-3-4-6-20-14-8-12(18)11(16)7-13(14)19-15(20)9-17/h7-8,10H,3-6,9H2,1-2H3. The Bertz CT molecular complexity index is 595. The van der Waals surface area contributed by atoms with E-state index in [0.717, 1.165) is 42.2 Å². The van der Waals surface area contributed by atoms with Gasteiger partial charge in [-0.2, -0.15) is 0 Å². The van der Waals surface area contributed by atoms with Crippen molar-refractivity contribution in [3.05, 3.63) is 28.2 Å². The molecule has 2 rings (SSSR count). The van der Waals surface area contributed by atoms with Crippen molar-refractivity contribution in [2.75, 3.05) is 0 Å². The van der Waals surface area contributed by atoms with Gasteiger partial charge in [0.1, 0.15) is 11.6 Å². The van der Waals surface area contributed by atoms with Crippen molar-refractivity contribution in [3.8, 4) is 0 Å². The summed E-state index contributed by atoms with van der Waals surface area (Å²) in [5, 5.41) is 0. The van der Waals surface area contributed by atoms with Crippen molar-refractivity contribution < 1.29 is 4.39 Å². The number of hydrogen-bond acceptors (Lipinski definition) is 1. The third-order valence-electron chi connectivity index (χ3n) is 3.40. The number of fused-ring (bicyclic) bond motifs is 1. The molecular formula is C15H19BrClFN2. The van der Waals surface area contributed by atoms with Crippen LogP contribution in [0.4, 0.5) is 4.39 Å². The van der Waals surface area contributed by atoms with Crippen LogP contribution in [-0.4, -0.2) is 9.55 Å². The Morgan fingerprint density at radius 2 is 2.10 bits per heavy atom. The lowest BCUT2D eigenvalue weighted by Gasteiger charge is -2.09. The highest BCUT2D eigenvalue weighted by Gasteiger charge is 2.12. The van der Waals surface area contributed by atoms with Gasteiger partial charge in [0.25, 0.3) is 0 Å². The zero-order valence-corrected chi connectivity index (χ0v) is 14.1. The Labute approximate surface area is 132 Å². The number of aromatic nitrogens is 2. The lowest BCUT2D eigenvalue weighted by atomic mass is 10.1. The van der Waals surface area contributed by atoms with E-state index in [1.54, 1.807) is 6.07 Å². The van der Waals surface area contributed by atoms with Crippen LogP contribution in [0.1, 0.15) is 38.9 Å². The minimum absolute atomic E-state index is 0.262. The summed E-state index contributed by atoms with van der Waals surface area (Å²) in [6.45, 7) is 5.29. The predicted octanol–water partition coefficient (Wildman–Crippen LogP) is 5.50. The first-order valence-corrected chi connectivity index (χ1v) is 8.25. The molecule has 0 spiro atoms. The average molecular weight is 362 g/mol. The molecule has 20 heavy (non-hydrogen) atoms. The van der Waals surface area contributed by atoms with Gasteiger partial charge in [0, 0.05) is 12.6 Å². The zero-order chi connectivity index (χ0) is 14.7. The SMILES string of the molecule is CC(C)CCCCn1c(CCl)nc2cc(Br)c(F)cc21. The van der Waals surface area contributed by atoms with Gasteiger partial charge < -0.3 is 4.57 Å². The quantitative estimate of drug-likeness (QED) is 0.490. The Morgan fingerprint density at radius 1 is 1.35 bits per heavy atom. The zero-order valence-electron chi connectivity index (χ0n) is 11.8. The topological polar surface area (TPSA) is 17.8 Å². The van der Waals surface area contributed by atoms with Gasteiger partial charge in [-0.15, -0.1) is 11.6 Å². The Balaban J connectivity index is 2.23. The van der Waals surface area contributed by atoms with Gasteiger partial charge in [0.2, 0.25) is 0 Å². The molecule has 1 heterocycles. The normalized spacial score (nSPS) is 11.7. The maximum absolute atomic E-state index is 13.7. The summed E-state index contributed by atoms with van der Waals surface area (Å²) in [5.74, 6) is 1.61. The summed E-state index contributed by atoms with van der Waals surface area (Å²) >= 11 is 9.15. The first kappa shape index (κ1) is 15.8. The fourth-order valence-electron chi connectivity index (χ4n) is 2.34. The summed E-state index contributed by atoms with van der Waals surface area (Å²) in [6, 6.07) is 3.25. The first-order chi connectivity index (χ1) is 9.52. The number of hydrogen-bond donors (Lipinski definition) is 0. The van der Waals surface area contributed by atoms with Gasteiger partial charge in [0.15, 0.2) is 0 Å². The Hall–Kier alpha value is -0.610. The summed E-state index contributed by atoms with van der Waals surface area (Å²) < 4.78 is 16.2. The summed E-state index contributed by atoms with van der Waals surface area (Å²) in [7, 11) is 0. The maximum atomic E-state index is 13.7. The van der Waals surface area contributed by atoms with Crippen LogP contribution in [0, 0.1) is 11.7 Å². The number of benzene rings is 1. The molecule has 110 valence electrons. The molecule has 0 atom stereocenters. The average Bonchev–Trinajstić information content (AvgIpc) is 2.72. The van der Waals surface area contributed by atoms with Gasteiger partial charge in [-0.05, 0) is 34.3 Å². The molecule has 0 unspecified atom stereocenters. The molecule has 0 aliphatic carbocycles. The van der Waals surface area contributed by atoms with Gasteiger partial charge >= 0.3 is 0 Å². The maximum Gasteiger partial charge on any atom is 0.139 e. The van der Waals surface area contributed by atoms with Crippen molar-refractivity contribution in [2.45, 2.75) is 45.5 Å². The summed E-state index contributed by atoms with van der Waals surface area (Å²) in [4.78, 5) is 4.48. The van der Waals surface area contributed by atoms with Crippen LogP contribution < -0.4 is 0 Å². The fraction of sp³-hybridized carbons (Fsp3) is 0.533. The molecule has 0 radical (unpaired) electrons. The third kappa shape index (κ3) is 3.53. The van der Waals surface area contributed by atoms with Crippen LogP contribution in [0.5, 0.6) is 0 Å². The molecule has 0 saturated carbocycles. The molecule has 0 amide bonds. The molecule has 0 N–H and O–H groups in total. The first-order valence-electron chi connectivity index (χ1n) is 6.93. The van der Waals surface area contributed by atoms with Crippen LogP contribution in [0.2, 0.25) is 0 Å². The van der Waals surface area contributed by atoms with E-state index in [-0.39, 0.29) is 5.82 Å². The molecule has 2 aromatic rings. The number of aryl methyl sites for hydroxylation is 1. The molecular weight excluding hydrogens is 343 g/mol. The number of rotatable bonds is 6. The number of imidazole rings is 1. The van der Waals surface area contributed by atoms with E-state index < -0.39 is 0 Å². The Morgan fingerprint density at radius 3 is 2.75 bits per heavy atom. The number of unbranched alkanes of at least 4 members (excludes halogenated alkanes) is 1. The molecule has 0 bridgehead atoms. The van der Waals surface area contributed by atoms with E-state index in [2.05, 4.69) is 34.8 Å². The smallest absolute Gasteiger partial charge is 0.139 e. The summed E-state index contributed by atoms with van der Waals surface area (Å²) in [5.41, 5.74) is 1.61. The molecule has 2 nitrogen and oxygen atoms in total. The summed E-state index contributed by atoms with van der Waals surface area (Å²) in [6.07, 6.45) is 3.44. The molecule has 1 aromatic carbocycles. The lowest BCUT2D eigenvalue weighted by Crippen LogP contribution is -2.03. The van der Waals surface area contributed by atoms with Crippen LogP contribution in [0.3, 0.4) is 0 Å². The lowest BCUT2D eigenvalue weighted by molar-refractivity contribution is 0.509. The van der Waals surface area contributed by atoms with E-state index >= 15 is 0 Å². The van der Waals surface area contributed by atoms with Crippen LogP contribution >= 0.6 is 27.5 Å². The van der Waals surface area contributed by atoms with Crippen molar-refractivity contribution in [1.82, 2.24) is 9.55 Å². The van der Waals surface area contributed by atoms with E-state index in [9.17, 15) is 4.39 Å². The van der Waals surface area contributed by atoms with Crippen molar-refractivity contribution in [1.29, 1.82) is 0 Å². The largest absolute Gasteiger partial charge is 0.327 e. The Kier molecular flexibility index (Phi) is 5.44. The molecule has 0 aliphatic rings. The second-order valence-electron chi connectivity index (χ2n) is 5.46. The fourth-order valence-corrected chi connectivity index (χ4v) is 2.88. The second kappa shape index (κ2) is 6.90. The number of nitrogens with zero attached hydrogens (tertiary/aromatic N) is 2. The van der Waals surface area contributed by atoms with E-state index in [4.69, 9.17) is 11.6 Å². The molecule has 5 heteroatoms. The number of alkyl halides is 1. The molecule has 0 aliphatic heterocycles. The predicted molar refractivity (Wildman–Crippen MR) is 85.6 cm³/mol. The molecule has 0 fully saturated rings. The van der Waals surface area contributed by atoms with Crippen LogP contribution in [0.25, 0.3) is 11.0 Å². The van der Waals surface area contributed by atoms with Gasteiger partial charge in [0.05, 0.1) is 21.4 Å². The minimum atomic E-state index is -0.262. The van der Waals surface area contributed by atoms with Gasteiger partial charge in [-0.3, -0.25) is 0 Å². The van der Waals surface area contributed by atoms with Gasteiger partial charge in [-0.25, -0.2) is 9.37 Å². The van der Waals surface area contributed by atoms with Crippen molar-refractivity contribution in [2.24, 2.45) is 5.92 Å². The van der Waals surface area contributed by atoms with E-state index in [1.165, 1.54) is 12.5 Å². The second-order valence-corrected chi connectivity index (χ2v) is 6.58. The number of halogens is 3. The van der Waals surface area contributed by atoms with Crippen molar-refractivity contribution in [3.63, 3.8) is 0 Å². The molecule has 1 aromatic heterocycles. The van der Waals surface area contributed by atoms with E-state index in [1.807, 2.05) is 4.57 Å². The van der Waals surface area contributed by atoms with Crippen LogP contribution in [-0.2, 0) is 12.4 Å². The van der Waals surface area contributed by atoms with E-state index in [0.29, 0.717) is 10.4 Å². The van der Waals surface area contributed by atoms with Crippen LogP contribution in [0.15, 0.2) is 16.6 Å². The van der Waals surface area contributed by atoms with Gasteiger partial charge in [-0.1, -0.05) is 26.7 Å². The van der Waals surface area contributed by atoms with Crippen molar-refractivity contribution >= 4 is 38.6 Å². The monoisotopic (exact) mass is 360 g/mol. The highest BCUT2D eigenvalue weighted by molar-refractivity contribution is 9.10. The highest BCUT2D eigenvalue weighted by atomic mass is 79.9. The minimum Gasteiger partial charge on any atom is -0.327 e. The third-order valence-corrected chi connectivity index (χ3v) is 4.25. The molecule has 0 saturated heterocycles. The highest BCUT2D eigenvalue weighted by Crippen LogP contribution is 2.25.